The number of likely N-dealkylation sites (tertiary alicyclic amines) is 1. The Morgan fingerprint density at radius 3 is 2.52 bits per heavy atom. The largest absolute Gasteiger partial charge is 0.530 e. The van der Waals surface area contributed by atoms with Gasteiger partial charge in [0.25, 0.3) is 0 Å². The van der Waals surface area contributed by atoms with Crippen LogP contribution in [0.25, 0.3) is 0 Å². The predicted octanol–water partition coefficient (Wildman–Crippen LogP) is 3.44. The van der Waals surface area contributed by atoms with Gasteiger partial charge in [0.05, 0.1) is 11.5 Å². The molecule has 1 unspecified atom stereocenters. The molecular formula is C22H21F4N2O3-. The number of amides is 2. The van der Waals surface area contributed by atoms with Crippen molar-refractivity contribution in [3.63, 3.8) is 0 Å². The summed E-state index contributed by atoms with van der Waals surface area (Å²) in [4.78, 5) is 25.5. The summed E-state index contributed by atoms with van der Waals surface area (Å²) in [5.41, 5.74) is -0.657. The third kappa shape index (κ3) is 5.53. The molecule has 1 fully saturated rings. The molecule has 3 rings (SSSR count). The summed E-state index contributed by atoms with van der Waals surface area (Å²) >= 11 is 0. The lowest BCUT2D eigenvalue weighted by atomic mass is 9.90. The molecule has 0 radical (unpaired) electrons. The van der Waals surface area contributed by atoms with Gasteiger partial charge in [-0.05, 0) is 43.0 Å². The van der Waals surface area contributed by atoms with Crippen LogP contribution in [0.4, 0.5) is 22.4 Å². The van der Waals surface area contributed by atoms with Gasteiger partial charge in [-0.15, -0.1) is 0 Å². The molecule has 2 amide bonds. The molecule has 5 nitrogen and oxygen atoms in total. The number of carbonyl (C=O) groups excluding carboxylic acids is 2. The summed E-state index contributed by atoms with van der Waals surface area (Å²) < 4.78 is 52.7. The molecule has 2 aromatic carbocycles. The number of carboxylic acid groups (broad SMARTS) is 1. The van der Waals surface area contributed by atoms with Crippen LogP contribution in [-0.2, 0) is 17.5 Å². The van der Waals surface area contributed by atoms with Crippen LogP contribution in [0.15, 0.2) is 48.5 Å². The molecule has 31 heavy (non-hydrogen) atoms. The predicted molar refractivity (Wildman–Crippen MR) is 102 cm³/mol. The quantitative estimate of drug-likeness (QED) is 0.704. The van der Waals surface area contributed by atoms with Crippen LogP contribution >= 0.6 is 0 Å². The van der Waals surface area contributed by atoms with Crippen molar-refractivity contribution in [2.75, 3.05) is 6.54 Å². The van der Waals surface area contributed by atoms with Crippen LogP contribution in [0.5, 0.6) is 0 Å². The van der Waals surface area contributed by atoms with Gasteiger partial charge in [0, 0.05) is 24.7 Å². The Labute approximate surface area is 176 Å². The van der Waals surface area contributed by atoms with E-state index in [-0.39, 0.29) is 12.0 Å². The van der Waals surface area contributed by atoms with Crippen molar-refractivity contribution in [3.05, 3.63) is 71.0 Å². The Bertz CT molecular complexity index is 934. The Morgan fingerprint density at radius 1 is 1.16 bits per heavy atom. The smallest absolute Gasteiger partial charge is 0.416 e. The maximum atomic E-state index is 14.0. The summed E-state index contributed by atoms with van der Waals surface area (Å²) in [6.07, 6.45) is -4.52. The molecule has 2 aromatic rings. The highest BCUT2D eigenvalue weighted by Gasteiger charge is 2.32. The van der Waals surface area contributed by atoms with Crippen molar-refractivity contribution >= 4 is 12.0 Å². The first-order chi connectivity index (χ1) is 14.7. The lowest BCUT2D eigenvalue weighted by Gasteiger charge is -2.30. The number of carbonyl (C=O) groups is 2. The van der Waals surface area contributed by atoms with Crippen molar-refractivity contribution in [2.45, 2.75) is 43.9 Å². The summed E-state index contributed by atoms with van der Waals surface area (Å²) in [5, 5.41) is 13.8. The number of hydrogen-bond acceptors (Lipinski definition) is 3. The van der Waals surface area contributed by atoms with E-state index in [9.17, 15) is 32.3 Å². The van der Waals surface area contributed by atoms with E-state index in [1.165, 1.54) is 4.90 Å². The number of benzene rings is 2. The first-order valence-electron chi connectivity index (χ1n) is 9.82. The van der Waals surface area contributed by atoms with Crippen LogP contribution in [0.3, 0.4) is 0 Å². The fraction of sp³-hybridized carbons (Fsp3) is 0.364. The van der Waals surface area contributed by atoms with E-state index < -0.39 is 48.1 Å². The maximum Gasteiger partial charge on any atom is 0.416 e. The molecule has 166 valence electrons. The Hall–Kier alpha value is -3.10. The molecule has 0 saturated carbocycles. The van der Waals surface area contributed by atoms with E-state index >= 15 is 0 Å². The second-order valence-electron chi connectivity index (χ2n) is 7.48. The zero-order valence-electron chi connectivity index (χ0n) is 16.5. The molecule has 0 aromatic heterocycles. The first-order valence-corrected chi connectivity index (χ1v) is 9.82. The van der Waals surface area contributed by atoms with Gasteiger partial charge in [0.15, 0.2) is 0 Å². The first kappa shape index (κ1) is 22.6. The standard InChI is InChI=1S/C22H22F4N2O3/c23-19-9-8-16(22(24,25)26)11-15(19)13-27-20(29)18(14-5-2-1-3-6-14)12-17-7-4-10-28(17)21(30)31/h1-3,5-6,8-9,11,17-18H,4,7,10,12-13H2,(H,27,29)(H,30,31)/p-1/t17-,18?/m1/s1. The highest BCUT2D eigenvalue weighted by atomic mass is 19.4. The van der Waals surface area contributed by atoms with Crippen molar-refractivity contribution < 1.29 is 32.3 Å². The third-order valence-electron chi connectivity index (χ3n) is 5.46. The molecule has 2 atom stereocenters. The fourth-order valence-electron chi connectivity index (χ4n) is 3.87. The van der Waals surface area contributed by atoms with Gasteiger partial charge in [-0.2, -0.15) is 13.2 Å². The fourth-order valence-corrected chi connectivity index (χ4v) is 3.87. The number of halogens is 4. The molecule has 1 heterocycles. The lowest BCUT2D eigenvalue weighted by molar-refractivity contribution is -0.266. The molecule has 0 spiro atoms. The highest BCUT2D eigenvalue weighted by molar-refractivity contribution is 5.83. The molecular weight excluding hydrogens is 416 g/mol. The number of rotatable bonds is 6. The van der Waals surface area contributed by atoms with Gasteiger partial charge in [0.1, 0.15) is 11.9 Å². The number of nitrogens with one attached hydrogen (secondary N) is 1. The Balaban J connectivity index is 1.77. The number of alkyl halides is 3. The molecule has 1 aliphatic heterocycles. The monoisotopic (exact) mass is 437 g/mol. The van der Waals surface area contributed by atoms with Gasteiger partial charge in [-0.1, -0.05) is 30.3 Å². The van der Waals surface area contributed by atoms with Crippen LogP contribution in [0, 0.1) is 5.82 Å². The molecule has 1 aliphatic rings. The highest BCUT2D eigenvalue weighted by Crippen LogP contribution is 2.31. The normalized spacial score (nSPS) is 17.4. The van der Waals surface area contributed by atoms with Crippen molar-refractivity contribution in [1.29, 1.82) is 0 Å². The number of hydrogen-bond donors (Lipinski definition) is 1. The van der Waals surface area contributed by atoms with Gasteiger partial charge >= 0.3 is 6.18 Å². The van der Waals surface area contributed by atoms with Gasteiger partial charge in [-0.3, -0.25) is 4.79 Å². The third-order valence-corrected chi connectivity index (χ3v) is 5.46. The van der Waals surface area contributed by atoms with E-state index in [1.54, 1.807) is 30.3 Å². The summed E-state index contributed by atoms with van der Waals surface area (Å²) in [6, 6.07) is 10.3. The zero-order valence-corrected chi connectivity index (χ0v) is 16.5. The zero-order chi connectivity index (χ0) is 22.6. The summed E-state index contributed by atoms with van der Waals surface area (Å²) in [5.74, 6) is -2.13. The minimum Gasteiger partial charge on any atom is -0.530 e. The summed E-state index contributed by atoms with van der Waals surface area (Å²) in [7, 11) is 0. The van der Waals surface area contributed by atoms with Crippen LogP contribution in [-0.4, -0.2) is 29.5 Å². The van der Waals surface area contributed by atoms with E-state index in [4.69, 9.17) is 0 Å². The average Bonchev–Trinajstić information content (AvgIpc) is 3.19. The molecule has 1 saturated heterocycles. The van der Waals surface area contributed by atoms with E-state index in [0.29, 0.717) is 37.1 Å². The van der Waals surface area contributed by atoms with Crippen molar-refractivity contribution in [3.8, 4) is 0 Å². The van der Waals surface area contributed by atoms with Crippen LogP contribution in [0.1, 0.15) is 41.9 Å². The Kier molecular flexibility index (Phi) is 6.82. The van der Waals surface area contributed by atoms with Gasteiger partial charge in [0.2, 0.25) is 5.91 Å². The van der Waals surface area contributed by atoms with E-state index in [2.05, 4.69) is 5.32 Å². The van der Waals surface area contributed by atoms with Crippen LogP contribution in [0.2, 0.25) is 0 Å². The van der Waals surface area contributed by atoms with E-state index in [0.717, 1.165) is 6.07 Å². The van der Waals surface area contributed by atoms with Crippen molar-refractivity contribution in [2.24, 2.45) is 0 Å². The minimum atomic E-state index is -4.63. The van der Waals surface area contributed by atoms with Crippen molar-refractivity contribution in [1.82, 2.24) is 10.2 Å². The molecule has 9 heteroatoms. The van der Waals surface area contributed by atoms with E-state index in [1.807, 2.05) is 0 Å². The molecule has 0 bridgehead atoms. The Morgan fingerprint density at radius 2 is 1.87 bits per heavy atom. The number of nitrogens with zero attached hydrogens (tertiary/aromatic N) is 1. The summed E-state index contributed by atoms with van der Waals surface area (Å²) in [6.45, 7) is -0.0988. The second kappa shape index (κ2) is 9.36. The maximum absolute atomic E-state index is 14.0. The van der Waals surface area contributed by atoms with Gasteiger partial charge < -0.3 is 20.1 Å². The molecule has 1 N–H and O–H groups in total. The van der Waals surface area contributed by atoms with Gasteiger partial charge in [-0.25, -0.2) is 4.39 Å². The minimum absolute atomic E-state index is 0.189. The SMILES string of the molecule is O=C(NCc1cc(C(F)(F)F)ccc1F)C(C[C@H]1CCCN1C(=O)[O-])c1ccccc1. The topological polar surface area (TPSA) is 72.5 Å². The lowest BCUT2D eigenvalue weighted by Crippen LogP contribution is -2.45. The second-order valence-corrected chi connectivity index (χ2v) is 7.48. The molecule has 0 aliphatic carbocycles. The average molecular weight is 437 g/mol. The van der Waals surface area contributed by atoms with Crippen LogP contribution < -0.4 is 10.4 Å².